The molecule has 2 aromatic carbocycles. The van der Waals surface area contributed by atoms with Crippen LogP contribution in [0.4, 0.5) is 11.4 Å². The smallest absolute Gasteiger partial charge is 0.337 e. The second-order valence-corrected chi connectivity index (χ2v) is 4.07. The molecule has 2 rings (SSSR count). The van der Waals surface area contributed by atoms with Gasteiger partial charge in [-0.15, -0.1) is 0 Å². The molecule has 0 unspecified atom stereocenters. The number of benzene rings is 2. The lowest BCUT2D eigenvalue weighted by Crippen LogP contribution is -2.02. The van der Waals surface area contributed by atoms with Gasteiger partial charge in [-0.3, -0.25) is 0 Å². The minimum absolute atomic E-state index is 0.324. The number of carbonyl (C=O) groups excluding carboxylic acids is 1. The van der Waals surface area contributed by atoms with Crippen molar-refractivity contribution >= 4 is 17.3 Å². The molecule has 1 N–H and O–H groups in total. The van der Waals surface area contributed by atoms with Crippen molar-refractivity contribution in [2.45, 2.75) is 6.92 Å². The molecule has 0 aromatic heterocycles. The van der Waals surface area contributed by atoms with Gasteiger partial charge in [-0.2, -0.15) is 0 Å². The molecule has 92 valence electrons. The molecular weight excluding hydrogens is 226 g/mol. The standard InChI is InChI=1S/C15H15NO2/c1-11-8-12(15(17)18-2)10-14(9-11)16-13-6-4-3-5-7-13/h3-10,16H,1-2H3. The molecule has 0 saturated heterocycles. The zero-order chi connectivity index (χ0) is 13.0. The number of hydrogen-bond acceptors (Lipinski definition) is 3. The summed E-state index contributed by atoms with van der Waals surface area (Å²) >= 11 is 0. The maximum atomic E-state index is 11.5. The van der Waals surface area contributed by atoms with Crippen molar-refractivity contribution in [2.24, 2.45) is 0 Å². The van der Waals surface area contributed by atoms with E-state index in [0.717, 1.165) is 16.9 Å². The van der Waals surface area contributed by atoms with Crippen LogP contribution in [0.5, 0.6) is 0 Å². The second-order valence-electron chi connectivity index (χ2n) is 4.07. The quantitative estimate of drug-likeness (QED) is 0.835. The van der Waals surface area contributed by atoms with Crippen molar-refractivity contribution in [1.29, 1.82) is 0 Å². The third kappa shape index (κ3) is 2.88. The number of hydrogen-bond donors (Lipinski definition) is 1. The minimum atomic E-state index is -0.324. The van der Waals surface area contributed by atoms with Crippen molar-refractivity contribution in [2.75, 3.05) is 12.4 Å². The van der Waals surface area contributed by atoms with E-state index in [0.29, 0.717) is 5.56 Å². The molecule has 0 atom stereocenters. The van der Waals surface area contributed by atoms with Gasteiger partial charge in [0.2, 0.25) is 0 Å². The molecule has 0 spiro atoms. The lowest BCUT2D eigenvalue weighted by atomic mass is 10.1. The van der Waals surface area contributed by atoms with E-state index in [2.05, 4.69) is 5.32 Å². The fourth-order valence-corrected chi connectivity index (χ4v) is 1.78. The molecule has 0 aliphatic heterocycles. The van der Waals surface area contributed by atoms with Crippen LogP contribution in [-0.4, -0.2) is 13.1 Å². The third-order valence-electron chi connectivity index (χ3n) is 2.56. The van der Waals surface area contributed by atoms with Crippen LogP contribution < -0.4 is 5.32 Å². The van der Waals surface area contributed by atoms with E-state index in [1.165, 1.54) is 7.11 Å². The molecule has 0 fully saturated rings. The summed E-state index contributed by atoms with van der Waals surface area (Å²) in [4.78, 5) is 11.5. The van der Waals surface area contributed by atoms with E-state index in [4.69, 9.17) is 4.74 Å². The average molecular weight is 241 g/mol. The topological polar surface area (TPSA) is 38.3 Å². The maximum Gasteiger partial charge on any atom is 0.337 e. The first-order valence-corrected chi connectivity index (χ1v) is 5.71. The Labute approximate surface area is 106 Å². The number of carbonyl (C=O) groups is 1. The number of para-hydroxylation sites is 1. The minimum Gasteiger partial charge on any atom is -0.465 e. The third-order valence-corrected chi connectivity index (χ3v) is 2.56. The molecule has 0 heterocycles. The van der Waals surface area contributed by atoms with Gasteiger partial charge in [-0.25, -0.2) is 4.79 Å². The molecule has 0 aliphatic rings. The van der Waals surface area contributed by atoms with E-state index < -0.39 is 0 Å². The fraction of sp³-hybridized carbons (Fsp3) is 0.133. The number of methoxy groups -OCH3 is 1. The van der Waals surface area contributed by atoms with Crippen molar-refractivity contribution in [1.82, 2.24) is 0 Å². The molecule has 3 nitrogen and oxygen atoms in total. The summed E-state index contributed by atoms with van der Waals surface area (Å²) in [5.41, 5.74) is 3.42. The molecule has 3 heteroatoms. The van der Waals surface area contributed by atoms with Gasteiger partial charge in [0, 0.05) is 11.4 Å². The molecule has 2 aromatic rings. The summed E-state index contributed by atoms with van der Waals surface area (Å²) < 4.78 is 4.73. The van der Waals surface area contributed by atoms with E-state index in [1.54, 1.807) is 6.07 Å². The van der Waals surface area contributed by atoms with Gasteiger partial charge < -0.3 is 10.1 Å². The summed E-state index contributed by atoms with van der Waals surface area (Å²) in [5, 5.41) is 3.26. The number of nitrogens with one attached hydrogen (secondary N) is 1. The summed E-state index contributed by atoms with van der Waals surface area (Å²) in [5.74, 6) is -0.324. The van der Waals surface area contributed by atoms with Crippen LogP contribution in [0.25, 0.3) is 0 Å². The SMILES string of the molecule is COC(=O)c1cc(C)cc(Nc2ccccc2)c1. The van der Waals surface area contributed by atoms with Gasteiger partial charge in [0.05, 0.1) is 12.7 Å². The maximum absolute atomic E-state index is 11.5. The zero-order valence-electron chi connectivity index (χ0n) is 10.4. The first kappa shape index (κ1) is 12.2. The van der Waals surface area contributed by atoms with Gasteiger partial charge in [0.1, 0.15) is 0 Å². The summed E-state index contributed by atoms with van der Waals surface area (Å²) in [7, 11) is 1.38. The normalized spacial score (nSPS) is 9.89. The van der Waals surface area contributed by atoms with E-state index >= 15 is 0 Å². The van der Waals surface area contributed by atoms with Gasteiger partial charge in [0.15, 0.2) is 0 Å². The van der Waals surface area contributed by atoms with Gasteiger partial charge in [-0.1, -0.05) is 18.2 Å². The van der Waals surface area contributed by atoms with Crippen LogP contribution in [0.15, 0.2) is 48.5 Å². The Morgan fingerprint density at radius 1 is 1.06 bits per heavy atom. The highest BCUT2D eigenvalue weighted by Crippen LogP contribution is 2.20. The number of esters is 1. The highest BCUT2D eigenvalue weighted by molar-refractivity contribution is 5.91. The summed E-state index contributed by atoms with van der Waals surface area (Å²) in [6.45, 7) is 1.95. The van der Waals surface area contributed by atoms with Crippen LogP contribution >= 0.6 is 0 Å². The second kappa shape index (κ2) is 5.36. The van der Waals surface area contributed by atoms with Crippen LogP contribution in [0, 0.1) is 6.92 Å². The van der Waals surface area contributed by atoms with Gasteiger partial charge >= 0.3 is 5.97 Å². The average Bonchev–Trinajstić information content (AvgIpc) is 2.38. The van der Waals surface area contributed by atoms with E-state index in [-0.39, 0.29) is 5.97 Å². The Morgan fingerprint density at radius 2 is 1.78 bits per heavy atom. The van der Waals surface area contributed by atoms with Crippen LogP contribution in [0.3, 0.4) is 0 Å². The molecule has 0 bridgehead atoms. The van der Waals surface area contributed by atoms with Crippen molar-refractivity contribution in [3.8, 4) is 0 Å². The molecule has 0 aliphatic carbocycles. The van der Waals surface area contributed by atoms with E-state index in [1.807, 2.05) is 49.4 Å². The number of aryl methyl sites for hydroxylation is 1. The Balaban J connectivity index is 2.28. The zero-order valence-corrected chi connectivity index (χ0v) is 10.4. The molecule has 18 heavy (non-hydrogen) atoms. The molecule has 0 amide bonds. The number of rotatable bonds is 3. The number of anilines is 2. The molecule has 0 saturated carbocycles. The summed E-state index contributed by atoms with van der Waals surface area (Å²) in [6.07, 6.45) is 0. The van der Waals surface area contributed by atoms with Gasteiger partial charge in [-0.05, 0) is 42.8 Å². The predicted molar refractivity (Wildman–Crippen MR) is 72.2 cm³/mol. The van der Waals surface area contributed by atoms with E-state index in [9.17, 15) is 4.79 Å². The van der Waals surface area contributed by atoms with Crippen LogP contribution in [-0.2, 0) is 4.74 Å². The monoisotopic (exact) mass is 241 g/mol. The molecule has 0 radical (unpaired) electrons. The number of ether oxygens (including phenoxy) is 1. The van der Waals surface area contributed by atoms with Crippen molar-refractivity contribution in [3.05, 3.63) is 59.7 Å². The Bertz CT molecular complexity index is 550. The fourth-order valence-electron chi connectivity index (χ4n) is 1.78. The lowest BCUT2D eigenvalue weighted by Gasteiger charge is -2.09. The Morgan fingerprint density at radius 3 is 2.44 bits per heavy atom. The highest BCUT2D eigenvalue weighted by Gasteiger charge is 2.07. The first-order valence-electron chi connectivity index (χ1n) is 5.71. The highest BCUT2D eigenvalue weighted by atomic mass is 16.5. The predicted octanol–water partition coefficient (Wildman–Crippen LogP) is 3.53. The Kier molecular flexibility index (Phi) is 3.63. The van der Waals surface area contributed by atoms with Crippen LogP contribution in [0.1, 0.15) is 15.9 Å². The lowest BCUT2D eigenvalue weighted by molar-refractivity contribution is 0.0600. The van der Waals surface area contributed by atoms with Crippen molar-refractivity contribution < 1.29 is 9.53 Å². The largest absolute Gasteiger partial charge is 0.465 e. The first-order chi connectivity index (χ1) is 8.69. The Hall–Kier alpha value is -2.29. The van der Waals surface area contributed by atoms with Crippen molar-refractivity contribution in [3.63, 3.8) is 0 Å². The van der Waals surface area contributed by atoms with Crippen LogP contribution in [0.2, 0.25) is 0 Å². The van der Waals surface area contributed by atoms with Gasteiger partial charge in [0.25, 0.3) is 0 Å². The summed E-state index contributed by atoms with van der Waals surface area (Å²) in [6, 6.07) is 15.4. The molecular formula is C15H15NO2.